The standard InChI is InChI=1S/C18H24N2O4S.C5H11N/c1-12(2)11-15(18(21)22)19-25(23,24)17-10-6-7-13-14(17)8-5-9-16(13)20(3)4;1-2-4-6-5-3-1/h5-10,12,15,19H,11H2,1-4H3,(H,21,22);6H,1-5H2/t15-;/m0./s1. The molecule has 0 aromatic heterocycles. The van der Waals surface area contributed by atoms with Crippen LogP contribution in [0.2, 0.25) is 0 Å². The summed E-state index contributed by atoms with van der Waals surface area (Å²) in [6, 6.07) is 9.30. The summed E-state index contributed by atoms with van der Waals surface area (Å²) in [5.74, 6) is -1.12. The molecule has 1 aliphatic rings. The SMILES string of the molecule is C1CCNCC1.CC(C)C[C@H](NS(=O)(=O)c1cccc2c(N(C)C)cccc12)C(=O)O. The smallest absolute Gasteiger partial charge is 0.321 e. The lowest BCUT2D eigenvalue weighted by atomic mass is 10.1. The van der Waals surface area contributed by atoms with Crippen LogP contribution in [-0.2, 0) is 14.8 Å². The lowest BCUT2D eigenvalue weighted by Gasteiger charge is -2.19. The summed E-state index contributed by atoms with van der Waals surface area (Å²) in [5.41, 5.74) is 0.895. The van der Waals surface area contributed by atoms with Crippen LogP contribution in [0.5, 0.6) is 0 Å². The molecule has 2 aromatic rings. The number of carboxylic acid groups (broad SMARTS) is 1. The van der Waals surface area contributed by atoms with Crippen molar-refractivity contribution in [2.24, 2.45) is 5.92 Å². The molecule has 7 nitrogen and oxygen atoms in total. The monoisotopic (exact) mass is 449 g/mol. The fourth-order valence-corrected chi connectivity index (χ4v) is 5.04. The van der Waals surface area contributed by atoms with Gasteiger partial charge in [0.15, 0.2) is 0 Å². The molecule has 1 saturated heterocycles. The van der Waals surface area contributed by atoms with E-state index in [2.05, 4.69) is 10.0 Å². The Morgan fingerprint density at radius 1 is 1.06 bits per heavy atom. The number of anilines is 1. The number of fused-ring (bicyclic) bond motifs is 1. The predicted molar refractivity (Wildman–Crippen MR) is 126 cm³/mol. The molecule has 1 fully saturated rings. The van der Waals surface area contributed by atoms with Gasteiger partial charge in [-0.1, -0.05) is 44.5 Å². The van der Waals surface area contributed by atoms with Crippen molar-refractivity contribution in [2.45, 2.75) is 50.5 Å². The minimum Gasteiger partial charge on any atom is -0.480 e. The van der Waals surface area contributed by atoms with Gasteiger partial charge in [0.1, 0.15) is 6.04 Å². The van der Waals surface area contributed by atoms with Crippen molar-refractivity contribution in [2.75, 3.05) is 32.1 Å². The quantitative estimate of drug-likeness (QED) is 0.599. The topological polar surface area (TPSA) is 98.7 Å². The van der Waals surface area contributed by atoms with E-state index in [1.165, 1.54) is 38.4 Å². The number of nitrogens with zero attached hydrogens (tertiary/aromatic N) is 1. The van der Waals surface area contributed by atoms with Gasteiger partial charge in [-0.2, -0.15) is 4.72 Å². The van der Waals surface area contributed by atoms with Gasteiger partial charge in [0.25, 0.3) is 0 Å². The van der Waals surface area contributed by atoms with Gasteiger partial charge in [-0.15, -0.1) is 0 Å². The average molecular weight is 450 g/mol. The molecular weight excluding hydrogens is 414 g/mol. The van der Waals surface area contributed by atoms with Gasteiger partial charge in [-0.05, 0) is 50.4 Å². The fourth-order valence-electron chi connectivity index (χ4n) is 3.61. The number of hydrogen-bond acceptors (Lipinski definition) is 5. The minimum absolute atomic E-state index is 0.0525. The Balaban J connectivity index is 0.000000488. The molecule has 172 valence electrons. The maximum Gasteiger partial charge on any atom is 0.321 e. The van der Waals surface area contributed by atoms with E-state index >= 15 is 0 Å². The first kappa shape index (κ1) is 25.1. The van der Waals surface area contributed by atoms with Crippen LogP contribution in [0.3, 0.4) is 0 Å². The molecule has 0 spiro atoms. The molecule has 0 unspecified atom stereocenters. The summed E-state index contributed by atoms with van der Waals surface area (Å²) in [4.78, 5) is 13.4. The zero-order valence-corrected chi connectivity index (χ0v) is 19.7. The van der Waals surface area contributed by atoms with E-state index < -0.39 is 22.0 Å². The lowest BCUT2D eigenvalue weighted by molar-refractivity contribution is -0.139. The summed E-state index contributed by atoms with van der Waals surface area (Å²) in [7, 11) is -0.196. The third kappa shape index (κ3) is 7.19. The Hall–Kier alpha value is -2.16. The number of nitrogens with one attached hydrogen (secondary N) is 2. The van der Waals surface area contributed by atoms with Gasteiger partial charge < -0.3 is 15.3 Å². The Morgan fingerprint density at radius 3 is 2.16 bits per heavy atom. The van der Waals surface area contributed by atoms with Crippen molar-refractivity contribution in [3.63, 3.8) is 0 Å². The van der Waals surface area contributed by atoms with Crippen LogP contribution in [0.25, 0.3) is 10.8 Å². The number of sulfonamides is 1. The maximum atomic E-state index is 12.8. The molecule has 0 bridgehead atoms. The third-order valence-corrected chi connectivity index (χ3v) is 6.67. The minimum atomic E-state index is -3.97. The van der Waals surface area contributed by atoms with Crippen molar-refractivity contribution < 1.29 is 18.3 Å². The molecule has 1 aliphatic heterocycles. The van der Waals surface area contributed by atoms with E-state index in [0.717, 1.165) is 11.1 Å². The van der Waals surface area contributed by atoms with Crippen LogP contribution in [0.15, 0.2) is 41.3 Å². The van der Waals surface area contributed by atoms with E-state index in [-0.39, 0.29) is 17.2 Å². The number of benzene rings is 2. The first-order chi connectivity index (χ1) is 14.6. The highest BCUT2D eigenvalue weighted by atomic mass is 32.2. The van der Waals surface area contributed by atoms with Gasteiger partial charge in [0.05, 0.1) is 4.90 Å². The predicted octanol–water partition coefficient (Wildman–Crippen LogP) is 3.44. The molecule has 3 N–H and O–H groups in total. The van der Waals surface area contributed by atoms with Gasteiger partial charge in [0.2, 0.25) is 10.0 Å². The van der Waals surface area contributed by atoms with Gasteiger partial charge in [0, 0.05) is 30.6 Å². The molecule has 2 aromatic carbocycles. The van der Waals surface area contributed by atoms with E-state index in [1.54, 1.807) is 18.2 Å². The number of piperidine rings is 1. The first-order valence-electron chi connectivity index (χ1n) is 10.8. The van der Waals surface area contributed by atoms with Gasteiger partial charge >= 0.3 is 5.97 Å². The average Bonchev–Trinajstić information content (AvgIpc) is 2.73. The largest absolute Gasteiger partial charge is 0.480 e. The number of aliphatic carboxylic acids is 1. The van der Waals surface area contributed by atoms with Crippen LogP contribution in [0.1, 0.15) is 39.5 Å². The van der Waals surface area contributed by atoms with Gasteiger partial charge in [-0.3, -0.25) is 4.79 Å². The highest BCUT2D eigenvalue weighted by molar-refractivity contribution is 7.89. The number of carboxylic acids is 1. The van der Waals surface area contributed by atoms with Crippen LogP contribution in [0.4, 0.5) is 5.69 Å². The molecule has 8 heteroatoms. The molecule has 1 heterocycles. The van der Waals surface area contributed by atoms with E-state index in [9.17, 15) is 18.3 Å². The second-order valence-corrected chi connectivity index (χ2v) is 10.2. The van der Waals surface area contributed by atoms with E-state index in [0.29, 0.717) is 5.39 Å². The normalized spacial score (nSPS) is 15.3. The molecule has 0 saturated carbocycles. The Morgan fingerprint density at radius 2 is 1.68 bits per heavy atom. The molecule has 3 rings (SSSR count). The zero-order chi connectivity index (χ0) is 23.0. The number of hydrogen-bond donors (Lipinski definition) is 3. The van der Waals surface area contributed by atoms with E-state index in [1.807, 2.05) is 45.0 Å². The van der Waals surface area contributed by atoms with Crippen LogP contribution < -0.4 is 14.9 Å². The summed E-state index contributed by atoms with van der Waals surface area (Å²) >= 11 is 0. The lowest BCUT2D eigenvalue weighted by Crippen LogP contribution is -2.41. The molecule has 0 amide bonds. The third-order valence-electron chi connectivity index (χ3n) is 5.14. The summed E-state index contributed by atoms with van der Waals surface area (Å²) in [5, 5.41) is 14.0. The molecule has 1 atom stereocenters. The molecule has 0 aliphatic carbocycles. The fraction of sp³-hybridized carbons (Fsp3) is 0.522. The van der Waals surface area contributed by atoms with Crippen molar-refractivity contribution in [1.82, 2.24) is 10.0 Å². The van der Waals surface area contributed by atoms with Crippen LogP contribution >= 0.6 is 0 Å². The Bertz CT molecular complexity index is 958. The summed E-state index contributed by atoms with van der Waals surface area (Å²) in [6.45, 7) is 6.21. The van der Waals surface area contributed by atoms with Gasteiger partial charge in [-0.25, -0.2) is 8.42 Å². The Kier molecular flexibility index (Phi) is 9.28. The molecule has 0 radical (unpaired) electrons. The highest BCUT2D eigenvalue weighted by Gasteiger charge is 2.27. The highest BCUT2D eigenvalue weighted by Crippen LogP contribution is 2.30. The molecular formula is C23H35N3O4S. The zero-order valence-electron chi connectivity index (χ0n) is 18.9. The first-order valence-corrected chi connectivity index (χ1v) is 12.3. The summed E-state index contributed by atoms with van der Waals surface area (Å²) < 4.78 is 28.0. The second kappa shape index (κ2) is 11.5. The van der Waals surface area contributed by atoms with E-state index in [4.69, 9.17) is 0 Å². The number of rotatable bonds is 7. The van der Waals surface area contributed by atoms with Crippen molar-refractivity contribution in [1.29, 1.82) is 0 Å². The Labute approximate surface area is 185 Å². The number of carbonyl (C=O) groups is 1. The van der Waals surface area contributed by atoms with Crippen LogP contribution in [-0.4, -0.2) is 52.7 Å². The van der Waals surface area contributed by atoms with Crippen molar-refractivity contribution in [3.8, 4) is 0 Å². The maximum absolute atomic E-state index is 12.8. The second-order valence-electron chi connectivity index (χ2n) is 8.48. The van der Waals surface area contributed by atoms with Crippen LogP contribution in [0, 0.1) is 5.92 Å². The van der Waals surface area contributed by atoms with Crippen molar-refractivity contribution >= 4 is 32.5 Å². The summed E-state index contributed by atoms with van der Waals surface area (Å²) in [6.07, 6.45) is 4.44. The molecule has 31 heavy (non-hydrogen) atoms. The van der Waals surface area contributed by atoms with Crippen molar-refractivity contribution in [3.05, 3.63) is 36.4 Å².